The van der Waals surface area contributed by atoms with E-state index in [1.54, 1.807) is 0 Å². The molecule has 0 spiro atoms. The number of rotatable bonds is 2. The topological polar surface area (TPSA) is 60.7 Å². The van der Waals surface area contributed by atoms with E-state index in [0.29, 0.717) is 12.5 Å². The van der Waals surface area contributed by atoms with Crippen LogP contribution in [0.5, 0.6) is 0 Å². The minimum atomic E-state index is -0.560. The maximum absolute atomic E-state index is 8.69. The van der Waals surface area contributed by atoms with Crippen molar-refractivity contribution in [2.45, 2.75) is 45.1 Å². The summed E-state index contributed by atoms with van der Waals surface area (Å²) in [7, 11) is 0. The molecular weight excluding hydrogens is 168 g/mol. The Morgan fingerprint density at radius 2 is 1.62 bits per heavy atom. The van der Waals surface area contributed by atoms with Gasteiger partial charge in [-0.2, -0.15) is 0 Å². The zero-order chi connectivity index (χ0) is 10.1. The van der Waals surface area contributed by atoms with Crippen molar-refractivity contribution in [1.29, 1.82) is 0 Å². The lowest BCUT2D eigenvalue weighted by Gasteiger charge is -2.18. The van der Waals surface area contributed by atoms with Gasteiger partial charge in [-0.1, -0.05) is 19.3 Å². The average molecular weight is 190 g/mol. The maximum atomic E-state index is 8.69. The minimum absolute atomic E-state index is 0.139. The summed E-state index contributed by atoms with van der Waals surface area (Å²) in [5, 5.41) is 24.7. The van der Waals surface area contributed by atoms with Crippen LogP contribution in [0.15, 0.2) is 0 Å². The fraction of sp³-hybridized carbons (Fsp3) is 1.00. The quantitative estimate of drug-likeness (QED) is 0.607. The van der Waals surface area contributed by atoms with E-state index in [9.17, 15) is 0 Å². The first-order valence-electron chi connectivity index (χ1n) is 5.10. The zero-order valence-electron chi connectivity index (χ0n) is 8.45. The number of aliphatic hydroxyl groups excluding tert-OH is 3. The van der Waals surface area contributed by atoms with E-state index >= 15 is 0 Å². The molecule has 0 saturated heterocycles. The van der Waals surface area contributed by atoms with Gasteiger partial charge in [0, 0.05) is 6.61 Å². The number of hydrogen-bond acceptors (Lipinski definition) is 3. The summed E-state index contributed by atoms with van der Waals surface area (Å²) in [6.07, 6.45) is 6.02. The number of hydrogen-bond donors (Lipinski definition) is 3. The Morgan fingerprint density at radius 3 is 1.85 bits per heavy atom. The van der Waals surface area contributed by atoms with Crippen LogP contribution in [0.3, 0.4) is 0 Å². The lowest BCUT2D eigenvalue weighted by Crippen LogP contribution is -2.09. The van der Waals surface area contributed by atoms with Gasteiger partial charge < -0.3 is 15.3 Å². The molecule has 0 heterocycles. The largest absolute Gasteiger partial charge is 0.396 e. The second kappa shape index (κ2) is 8.48. The lowest BCUT2D eigenvalue weighted by atomic mass is 9.90. The maximum Gasteiger partial charge on any atom is 0.0742 e. The molecule has 13 heavy (non-hydrogen) atoms. The van der Waals surface area contributed by atoms with Crippen molar-refractivity contribution >= 4 is 0 Å². The molecule has 1 saturated carbocycles. The van der Waals surface area contributed by atoms with E-state index in [0.717, 1.165) is 0 Å². The third-order valence-corrected chi connectivity index (χ3v) is 2.25. The van der Waals surface area contributed by atoms with E-state index < -0.39 is 6.10 Å². The van der Waals surface area contributed by atoms with Gasteiger partial charge in [0.2, 0.25) is 0 Å². The third kappa shape index (κ3) is 8.22. The molecule has 1 aliphatic carbocycles. The van der Waals surface area contributed by atoms with Crippen LogP contribution in [0.2, 0.25) is 0 Å². The Hall–Kier alpha value is -0.120. The molecule has 1 rings (SSSR count). The fourth-order valence-corrected chi connectivity index (χ4v) is 1.37. The Morgan fingerprint density at radius 1 is 1.15 bits per heavy atom. The summed E-state index contributed by atoms with van der Waals surface area (Å²) in [4.78, 5) is 0. The summed E-state index contributed by atoms with van der Waals surface area (Å²) in [6, 6.07) is 0. The van der Waals surface area contributed by atoms with Gasteiger partial charge in [0.15, 0.2) is 0 Å². The second-order valence-electron chi connectivity index (χ2n) is 3.72. The second-order valence-corrected chi connectivity index (χ2v) is 3.72. The van der Waals surface area contributed by atoms with E-state index in [2.05, 4.69) is 0 Å². The minimum Gasteiger partial charge on any atom is -0.396 e. The molecule has 0 radical (unpaired) electrons. The molecule has 3 N–H and O–H groups in total. The third-order valence-electron chi connectivity index (χ3n) is 2.25. The molecule has 80 valence electrons. The lowest BCUT2D eigenvalue weighted by molar-refractivity contribution is 0.110. The van der Waals surface area contributed by atoms with Gasteiger partial charge in [-0.05, 0) is 25.7 Å². The van der Waals surface area contributed by atoms with Gasteiger partial charge in [-0.25, -0.2) is 0 Å². The van der Waals surface area contributed by atoms with E-state index in [4.69, 9.17) is 15.3 Å². The van der Waals surface area contributed by atoms with Crippen LogP contribution in [0.25, 0.3) is 0 Å². The molecule has 1 unspecified atom stereocenters. The molecule has 0 aromatic carbocycles. The summed E-state index contributed by atoms with van der Waals surface area (Å²) in [5.74, 6) is 0.642. The van der Waals surface area contributed by atoms with Crippen molar-refractivity contribution < 1.29 is 15.3 Å². The van der Waals surface area contributed by atoms with Gasteiger partial charge in [0.1, 0.15) is 0 Å². The molecule has 0 amide bonds. The highest BCUT2D eigenvalue weighted by molar-refractivity contribution is 4.63. The Labute approximate surface area is 80.4 Å². The normalized spacial score (nSPS) is 20.3. The average Bonchev–Trinajstić information content (AvgIpc) is 2.20. The molecule has 0 aliphatic heterocycles. The highest BCUT2D eigenvalue weighted by atomic mass is 16.3. The van der Waals surface area contributed by atoms with Crippen LogP contribution in [0.1, 0.15) is 39.0 Å². The monoisotopic (exact) mass is 190 g/mol. The first-order chi connectivity index (χ1) is 6.20. The van der Waals surface area contributed by atoms with E-state index in [1.165, 1.54) is 39.0 Å². The molecule has 0 aromatic heterocycles. The van der Waals surface area contributed by atoms with Crippen LogP contribution in [-0.4, -0.2) is 34.6 Å². The predicted molar refractivity (Wildman–Crippen MR) is 52.4 cm³/mol. The van der Waals surface area contributed by atoms with Crippen LogP contribution in [-0.2, 0) is 0 Å². The van der Waals surface area contributed by atoms with Crippen molar-refractivity contribution in [2.75, 3.05) is 13.2 Å². The molecular formula is C10H22O3. The first-order valence-corrected chi connectivity index (χ1v) is 5.10. The smallest absolute Gasteiger partial charge is 0.0742 e. The van der Waals surface area contributed by atoms with Crippen molar-refractivity contribution in [3.05, 3.63) is 0 Å². The fourth-order valence-electron chi connectivity index (χ4n) is 1.37. The highest BCUT2D eigenvalue weighted by Crippen LogP contribution is 2.22. The predicted octanol–water partition coefficient (Wildman–Crippen LogP) is 0.918. The summed E-state index contributed by atoms with van der Waals surface area (Å²) in [6.45, 7) is 1.81. The van der Waals surface area contributed by atoms with Crippen LogP contribution in [0, 0.1) is 5.92 Å². The molecule has 0 bridgehead atoms. The van der Waals surface area contributed by atoms with Crippen molar-refractivity contribution in [3.63, 3.8) is 0 Å². The van der Waals surface area contributed by atoms with Gasteiger partial charge >= 0.3 is 0 Å². The molecule has 1 fully saturated rings. The van der Waals surface area contributed by atoms with Gasteiger partial charge in [-0.3, -0.25) is 0 Å². The van der Waals surface area contributed by atoms with Crippen molar-refractivity contribution in [1.82, 2.24) is 0 Å². The van der Waals surface area contributed by atoms with E-state index in [1.807, 2.05) is 0 Å². The summed E-state index contributed by atoms with van der Waals surface area (Å²) >= 11 is 0. The Bertz CT molecular complexity index is 98.3. The SMILES string of the molecule is CC(O)CO.OCC1CCCCC1. The first kappa shape index (κ1) is 12.9. The van der Waals surface area contributed by atoms with Crippen LogP contribution < -0.4 is 0 Å². The summed E-state index contributed by atoms with van der Waals surface area (Å²) < 4.78 is 0. The zero-order valence-corrected chi connectivity index (χ0v) is 8.45. The van der Waals surface area contributed by atoms with Gasteiger partial charge in [0.05, 0.1) is 12.7 Å². The number of aliphatic hydroxyl groups is 3. The van der Waals surface area contributed by atoms with Crippen molar-refractivity contribution in [2.24, 2.45) is 5.92 Å². The highest BCUT2D eigenvalue weighted by Gasteiger charge is 2.10. The van der Waals surface area contributed by atoms with Crippen LogP contribution >= 0.6 is 0 Å². The molecule has 1 aliphatic rings. The standard InChI is InChI=1S/C7H14O.C3H8O2/c8-6-7-4-2-1-3-5-7;1-3(5)2-4/h7-8H,1-6H2;3-5H,2H2,1H3. The Balaban J connectivity index is 0.000000252. The van der Waals surface area contributed by atoms with Crippen molar-refractivity contribution in [3.8, 4) is 0 Å². The summed E-state index contributed by atoms with van der Waals surface area (Å²) in [5.41, 5.74) is 0. The molecule has 3 heteroatoms. The van der Waals surface area contributed by atoms with Gasteiger partial charge in [-0.15, -0.1) is 0 Å². The Kier molecular flexibility index (Phi) is 8.40. The molecule has 3 nitrogen and oxygen atoms in total. The van der Waals surface area contributed by atoms with E-state index in [-0.39, 0.29) is 6.61 Å². The van der Waals surface area contributed by atoms with Crippen LogP contribution in [0.4, 0.5) is 0 Å². The van der Waals surface area contributed by atoms with Gasteiger partial charge in [0.25, 0.3) is 0 Å². The molecule has 1 atom stereocenters. The molecule has 0 aromatic rings.